The van der Waals surface area contributed by atoms with Crippen LogP contribution in [0.1, 0.15) is 111 Å². The van der Waals surface area contributed by atoms with Crippen molar-refractivity contribution >= 4 is 68.0 Å². The van der Waals surface area contributed by atoms with Crippen LogP contribution < -0.4 is 15.3 Å². The second-order valence-electron chi connectivity index (χ2n) is 17.3. The molecule has 0 aromatic carbocycles. The molecule has 0 aromatic rings. The van der Waals surface area contributed by atoms with Crippen molar-refractivity contribution in [1.82, 2.24) is 15.3 Å². The summed E-state index contributed by atoms with van der Waals surface area (Å²) >= 11 is 9.59. The summed E-state index contributed by atoms with van der Waals surface area (Å²) in [6.45, 7) is 27.5. The third-order valence-corrected chi connectivity index (χ3v) is 19.8. The molecule has 6 radical (unpaired) electrons. The van der Waals surface area contributed by atoms with Crippen LogP contribution in [0.15, 0.2) is 0 Å². The zero-order valence-corrected chi connectivity index (χ0v) is 42.6. The molecule has 0 bridgehead atoms. The van der Waals surface area contributed by atoms with E-state index in [0.717, 1.165) is 0 Å². The Balaban J connectivity index is 0.000000865. The number of hydrogen-bond donors (Lipinski definition) is 6. The smallest absolute Gasteiger partial charge is 0.270 e. The molecular formula is C38H81B3N3O11P3S2. The summed E-state index contributed by atoms with van der Waals surface area (Å²) in [7, 11) is 14.3. The fourth-order valence-electron chi connectivity index (χ4n) is 6.01. The second kappa shape index (κ2) is 27.7. The van der Waals surface area contributed by atoms with Crippen molar-refractivity contribution in [2.75, 3.05) is 26.4 Å². The van der Waals surface area contributed by atoms with Gasteiger partial charge in [-0.25, -0.2) is 5.09 Å². The Morgan fingerprint density at radius 1 is 0.633 bits per heavy atom. The van der Waals surface area contributed by atoms with Gasteiger partial charge < -0.3 is 42.9 Å². The molecule has 14 nitrogen and oxygen atoms in total. The Bertz CT molecular complexity index is 1300. The average Bonchev–Trinajstić information content (AvgIpc) is 3.65. The Morgan fingerprint density at radius 2 is 1.00 bits per heavy atom. The normalized spacial score (nSPS) is 33.6. The molecule has 0 aliphatic carbocycles. The van der Waals surface area contributed by atoms with Gasteiger partial charge in [-0.15, -0.1) is 0 Å². The van der Waals surface area contributed by atoms with Crippen LogP contribution in [-0.2, 0) is 54.1 Å². The van der Waals surface area contributed by atoms with Crippen molar-refractivity contribution in [3.05, 3.63) is 0 Å². The molecule has 0 saturated carbocycles. The van der Waals surface area contributed by atoms with E-state index in [4.69, 9.17) is 68.5 Å². The first kappa shape index (κ1) is 61.2. The highest BCUT2D eigenvalue weighted by molar-refractivity contribution is 8.47. The average molecular weight is 946 g/mol. The summed E-state index contributed by atoms with van der Waals surface area (Å²) in [6, 6.07) is -1.99. The predicted molar refractivity (Wildman–Crippen MR) is 256 cm³/mol. The number of nitrogens with one attached hydrogen (secondary N) is 3. The third-order valence-electron chi connectivity index (χ3n) is 10.3. The van der Waals surface area contributed by atoms with E-state index in [1.54, 1.807) is 13.8 Å². The van der Waals surface area contributed by atoms with Crippen LogP contribution in [0.5, 0.6) is 0 Å². The number of ether oxygens (including phenoxy) is 7. The maximum Gasteiger partial charge on any atom is 0.270 e. The van der Waals surface area contributed by atoms with E-state index < -0.39 is 50.3 Å². The first-order chi connectivity index (χ1) is 27.0. The molecule has 3 aliphatic rings. The molecule has 60 heavy (non-hydrogen) atoms. The highest BCUT2D eigenvalue weighted by Crippen LogP contribution is 2.53. The minimum Gasteiger partial charge on any atom is -0.380 e. The molecule has 6 unspecified atom stereocenters. The standard InChI is InChI=1S/C13H27BNO5P.2C12H25BNO3PS.CH4/c1-6-18-12-11(15-21(16,17)9(4)5)10(20-13(12)14)7-19-8(2)3;2*1-7(2)16-6-10-11(9(5)12(13)17-10)14-18(15,19)8(3)4;/h8-13H,6-7H2,1-5H3,(H2,15,16,17);2*7-12H,6H2,1-5H3,(H2,14,15,19);1H4/t10-,11?,12+,13-;2*9-,10+,11?,12+,18?;/m100./s1. The zero-order valence-electron chi connectivity index (χ0n) is 38.2. The Labute approximate surface area is 379 Å². The number of hydrogen-bond acceptors (Lipinski definition) is 10. The van der Waals surface area contributed by atoms with Crippen molar-refractivity contribution < 1.29 is 52.1 Å². The summed E-state index contributed by atoms with van der Waals surface area (Å²) in [5.74, 6) is 0.161. The van der Waals surface area contributed by atoms with E-state index in [9.17, 15) is 18.9 Å². The van der Waals surface area contributed by atoms with Crippen LogP contribution in [0.2, 0.25) is 0 Å². The van der Waals surface area contributed by atoms with Crippen molar-refractivity contribution in [2.24, 2.45) is 11.8 Å². The van der Waals surface area contributed by atoms with Gasteiger partial charge in [0.1, 0.15) is 30.0 Å². The van der Waals surface area contributed by atoms with Gasteiger partial charge in [-0.05, 0) is 60.3 Å². The first-order valence-electron chi connectivity index (χ1n) is 21.0. The van der Waals surface area contributed by atoms with Crippen molar-refractivity contribution in [1.29, 1.82) is 0 Å². The van der Waals surface area contributed by atoms with Crippen LogP contribution in [0.4, 0.5) is 0 Å². The SMILES string of the molecule is C.[B][C@@H]1O[C@H](COC(C)C)C(NP(=O)(O)C(C)C)[C@@H]1OCC.[B][C@@H]1O[C@H](COC(C)C)C(NP(=O)(S)C(C)C)[C@@H]1C.[B][C@@H]1O[C@H](COC(C)C)C(NP(O)(=S)C(C)C)[C@@H]1C. The van der Waals surface area contributed by atoms with Crippen LogP contribution >= 0.6 is 32.7 Å². The summed E-state index contributed by atoms with van der Waals surface area (Å²) in [6.07, 6.45) is -3.51. The second-order valence-corrected chi connectivity index (χ2v) is 28.4. The van der Waals surface area contributed by atoms with E-state index >= 15 is 0 Å². The maximum atomic E-state index is 12.4. The summed E-state index contributed by atoms with van der Waals surface area (Å²) in [5.41, 5.74) is -0.409. The molecule has 0 aromatic heterocycles. The molecular weight excluding hydrogens is 864 g/mol. The monoisotopic (exact) mass is 945 g/mol. The van der Waals surface area contributed by atoms with Gasteiger partial charge in [-0.2, -0.15) is 0 Å². The van der Waals surface area contributed by atoms with Crippen molar-refractivity contribution in [3.8, 4) is 0 Å². The molecule has 0 spiro atoms. The molecule has 5 N–H and O–H groups in total. The van der Waals surface area contributed by atoms with Crippen LogP contribution in [0.3, 0.4) is 0 Å². The van der Waals surface area contributed by atoms with Crippen molar-refractivity contribution in [3.63, 3.8) is 0 Å². The fraction of sp³-hybridized carbons (Fsp3) is 1.00. The minimum absolute atomic E-state index is 0. The van der Waals surface area contributed by atoms with Gasteiger partial charge >= 0.3 is 0 Å². The molecule has 3 aliphatic heterocycles. The van der Waals surface area contributed by atoms with E-state index in [1.165, 1.54) is 0 Å². The molecule has 3 fully saturated rings. The predicted octanol–water partition coefficient (Wildman–Crippen LogP) is 5.94. The zero-order chi connectivity index (χ0) is 45.8. The Morgan fingerprint density at radius 3 is 1.33 bits per heavy atom. The molecule has 22 heteroatoms. The van der Waals surface area contributed by atoms with Crippen molar-refractivity contribution in [2.45, 2.75) is 207 Å². The molecule has 0 amide bonds. The largest absolute Gasteiger partial charge is 0.380 e. The summed E-state index contributed by atoms with van der Waals surface area (Å²) in [5, 5.41) is 9.14. The molecule has 3 heterocycles. The maximum absolute atomic E-state index is 12.4. The Kier molecular flexibility index (Phi) is 28.3. The lowest BCUT2D eigenvalue weighted by molar-refractivity contribution is -0.0242. The van der Waals surface area contributed by atoms with Gasteiger partial charge in [-0.3, -0.25) is 19.3 Å². The van der Waals surface area contributed by atoms with E-state index in [1.807, 2.05) is 90.0 Å². The lowest BCUT2D eigenvalue weighted by Gasteiger charge is -2.30. The lowest BCUT2D eigenvalue weighted by Crippen LogP contribution is -2.47. The summed E-state index contributed by atoms with van der Waals surface area (Å²) in [4.78, 5) is 20.4. The number of rotatable bonds is 20. The third kappa shape index (κ3) is 20.0. The van der Waals surface area contributed by atoms with E-state index in [0.29, 0.717) is 26.4 Å². The van der Waals surface area contributed by atoms with Gasteiger partial charge in [0, 0.05) is 53.7 Å². The van der Waals surface area contributed by atoms with Crippen LogP contribution in [-0.4, -0.2) is 156 Å². The number of thiol groups is 1. The molecule has 3 saturated heterocycles. The Hall–Kier alpha value is 1.17. The molecule has 3 rings (SSSR count). The van der Waals surface area contributed by atoms with Gasteiger partial charge in [0.25, 0.3) is 7.52 Å². The molecule has 350 valence electrons. The van der Waals surface area contributed by atoms with Gasteiger partial charge in [0.2, 0.25) is 6.49 Å². The topological polar surface area (TPSA) is 175 Å². The molecule has 15 atom stereocenters. The van der Waals surface area contributed by atoms with Gasteiger partial charge in [-0.1, -0.05) is 86.9 Å². The minimum atomic E-state index is -3.51. The quantitative estimate of drug-likeness (QED) is 0.0481. The van der Waals surface area contributed by atoms with Crippen LogP contribution in [0, 0.1) is 11.8 Å². The first-order valence-corrected chi connectivity index (χ1v) is 28.5. The van der Waals surface area contributed by atoms with E-state index in [-0.39, 0.29) is 85.2 Å². The highest BCUT2D eigenvalue weighted by atomic mass is 32.7. The van der Waals surface area contributed by atoms with Crippen LogP contribution in [0.25, 0.3) is 0 Å². The fourth-order valence-corrected chi connectivity index (χ4v) is 10.1. The van der Waals surface area contributed by atoms with Gasteiger partial charge in [0.05, 0.1) is 68.6 Å². The van der Waals surface area contributed by atoms with E-state index in [2.05, 4.69) is 27.5 Å². The lowest BCUT2D eigenvalue weighted by atomic mass is 9.85. The highest BCUT2D eigenvalue weighted by Gasteiger charge is 2.46. The summed E-state index contributed by atoms with van der Waals surface area (Å²) < 4.78 is 64.1. The van der Waals surface area contributed by atoms with Gasteiger partial charge in [0.15, 0.2) is 0 Å².